The maximum Gasteiger partial charge on any atom is 0.307 e. The molecule has 0 aliphatic rings. The summed E-state index contributed by atoms with van der Waals surface area (Å²) in [6.45, 7) is 0. The van der Waals surface area contributed by atoms with Gasteiger partial charge in [-0.2, -0.15) is 0 Å². The molecular weight excluding hydrogens is 280 g/mol. The molecule has 0 unspecified atom stereocenters. The van der Waals surface area contributed by atoms with Crippen LogP contribution in [0, 0.1) is 0 Å². The van der Waals surface area contributed by atoms with E-state index in [4.69, 9.17) is 9.84 Å². The summed E-state index contributed by atoms with van der Waals surface area (Å²) in [7, 11) is 1.59. The highest BCUT2D eigenvalue weighted by Gasteiger charge is 2.10. The largest absolute Gasteiger partial charge is 0.497 e. The third-order valence-corrected chi connectivity index (χ3v) is 3.17. The third-order valence-electron chi connectivity index (χ3n) is 3.17. The Morgan fingerprint density at radius 2 is 1.77 bits per heavy atom. The molecule has 0 atom stereocenters. The summed E-state index contributed by atoms with van der Waals surface area (Å²) in [5.74, 6) is -0.428. The zero-order chi connectivity index (χ0) is 15.9. The maximum atomic E-state index is 12.2. The number of carboxylic acids is 1. The SMILES string of the molecule is COc1ccc(/C=C\C(=O)c2ccccc2CC(=O)O)cc1. The molecule has 0 saturated carbocycles. The fourth-order valence-corrected chi connectivity index (χ4v) is 2.05. The summed E-state index contributed by atoms with van der Waals surface area (Å²) in [4.78, 5) is 23.1. The Kier molecular flexibility index (Phi) is 5.09. The van der Waals surface area contributed by atoms with Crippen LogP contribution < -0.4 is 4.74 Å². The molecule has 0 aliphatic carbocycles. The summed E-state index contributed by atoms with van der Waals surface area (Å²) >= 11 is 0. The van der Waals surface area contributed by atoms with E-state index < -0.39 is 5.97 Å². The van der Waals surface area contributed by atoms with E-state index in [2.05, 4.69) is 0 Å². The highest BCUT2D eigenvalue weighted by Crippen LogP contribution is 2.14. The molecule has 4 nitrogen and oxygen atoms in total. The van der Waals surface area contributed by atoms with Gasteiger partial charge in [-0.1, -0.05) is 42.5 Å². The molecule has 1 N–H and O–H groups in total. The minimum Gasteiger partial charge on any atom is -0.497 e. The lowest BCUT2D eigenvalue weighted by Crippen LogP contribution is -2.06. The van der Waals surface area contributed by atoms with E-state index in [1.54, 1.807) is 37.5 Å². The molecule has 0 aliphatic heterocycles. The van der Waals surface area contributed by atoms with E-state index in [1.807, 2.05) is 24.3 Å². The Morgan fingerprint density at radius 1 is 1.09 bits per heavy atom. The summed E-state index contributed by atoms with van der Waals surface area (Å²) in [5, 5.41) is 8.89. The topological polar surface area (TPSA) is 63.6 Å². The minimum atomic E-state index is -0.959. The van der Waals surface area contributed by atoms with Gasteiger partial charge in [0.05, 0.1) is 13.5 Å². The van der Waals surface area contributed by atoms with Crippen LogP contribution in [0.5, 0.6) is 5.75 Å². The zero-order valence-electron chi connectivity index (χ0n) is 12.2. The van der Waals surface area contributed by atoms with Crippen molar-refractivity contribution < 1.29 is 19.4 Å². The zero-order valence-corrected chi connectivity index (χ0v) is 12.2. The van der Waals surface area contributed by atoms with E-state index in [-0.39, 0.29) is 12.2 Å². The monoisotopic (exact) mass is 296 g/mol. The average Bonchev–Trinajstić information content (AvgIpc) is 2.53. The molecule has 0 spiro atoms. The predicted octanol–water partition coefficient (Wildman–Crippen LogP) is 3.22. The second-order valence-electron chi connectivity index (χ2n) is 4.70. The number of methoxy groups -OCH3 is 1. The van der Waals surface area contributed by atoms with Gasteiger partial charge in [0.15, 0.2) is 5.78 Å². The summed E-state index contributed by atoms with van der Waals surface area (Å²) < 4.78 is 5.07. The van der Waals surface area contributed by atoms with Crippen LogP contribution in [-0.4, -0.2) is 24.0 Å². The fraction of sp³-hybridized carbons (Fsp3) is 0.111. The quantitative estimate of drug-likeness (QED) is 0.656. The molecule has 22 heavy (non-hydrogen) atoms. The van der Waals surface area contributed by atoms with Crippen molar-refractivity contribution in [2.75, 3.05) is 7.11 Å². The number of ether oxygens (including phenoxy) is 1. The van der Waals surface area contributed by atoms with Gasteiger partial charge in [-0.3, -0.25) is 9.59 Å². The summed E-state index contributed by atoms with van der Waals surface area (Å²) in [6.07, 6.45) is 2.97. The Balaban J connectivity index is 2.17. The van der Waals surface area contributed by atoms with E-state index in [0.29, 0.717) is 11.1 Å². The van der Waals surface area contributed by atoms with Gasteiger partial charge in [0.25, 0.3) is 0 Å². The highest BCUT2D eigenvalue weighted by molar-refractivity contribution is 6.08. The number of ketones is 1. The van der Waals surface area contributed by atoms with Gasteiger partial charge in [0.2, 0.25) is 0 Å². The molecule has 0 bridgehead atoms. The van der Waals surface area contributed by atoms with Crippen LogP contribution in [-0.2, 0) is 11.2 Å². The molecule has 0 saturated heterocycles. The van der Waals surface area contributed by atoms with Crippen molar-refractivity contribution in [1.29, 1.82) is 0 Å². The second kappa shape index (κ2) is 7.22. The van der Waals surface area contributed by atoms with Gasteiger partial charge >= 0.3 is 5.97 Å². The number of hydrogen-bond donors (Lipinski definition) is 1. The molecule has 0 radical (unpaired) electrons. The van der Waals surface area contributed by atoms with Gasteiger partial charge in [-0.05, 0) is 29.3 Å². The van der Waals surface area contributed by atoms with E-state index >= 15 is 0 Å². The first-order valence-electron chi connectivity index (χ1n) is 6.76. The molecular formula is C18H16O4. The van der Waals surface area contributed by atoms with Crippen LogP contribution in [0.1, 0.15) is 21.5 Å². The predicted molar refractivity (Wildman–Crippen MR) is 84.1 cm³/mol. The molecule has 2 aromatic rings. The molecule has 4 heteroatoms. The van der Waals surface area contributed by atoms with Gasteiger partial charge in [-0.15, -0.1) is 0 Å². The van der Waals surface area contributed by atoms with E-state index in [9.17, 15) is 9.59 Å². The molecule has 0 aromatic heterocycles. The third kappa shape index (κ3) is 4.06. The average molecular weight is 296 g/mol. The number of benzene rings is 2. The van der Waals surface area contributed by atoms with Crippen molar-refractivity contribution in [3.63, 3.8) is 0 Å². The van der Waals surface area contributed by atoms with Crippen LogP contribution in [0.25, 0.3) is 6.08 Å². The van der Waals surface area contributed by atoms with Crippen molar-refractivity contribution >= 4 is 17.8 Å². The minimum absolute atomic E-state index is 0.168. The molecule has 2 rings (SSSR count). The summed E-state index contributed by atoms with van der Waals surface area (Å²) in [6, 6.07) is 14.0. The summed E-state index contributed by atoms with van der Waals surface area (Å²) in [5.41, 5.74) is 1.79. The lowest BCUT2D eigenvalue weighted by atomic mass is 10.0. The van der Waals surface area contributed by atoms with E-state index in [0.717, 1.165) is 11.3 Å². The Hall–Kier alpha value is -2.88. The Bertz CT molecular complexity index is 699. The number of carbonyl (C=O) groups is 2. The Labute approximate surface area is 128 Å². The van der Waals surface area contributed by atoms with Crippen LogP contribution in [0.4, 0.5) is 0 Å². The number of rotatable bonds is 6. The first kappa shape index (κ1) is 15.5. The van der Waals surface area contributed by atoms with Gasteiger partial charge < -0.3 is 9.84 Å². The smallest absolute Gasteiger partial charge is 0.307 e. The molecule has 112 valence electrons. The van der Waals surface area contributed by atoms with E-state index in [1.165, 1.54) is 6.08 Å². The van der Waals surface area contributed by atoms with Crippen molar-refractivity contribution in [2.45, 2.75) is 6.42 Å². The van der Waals surface area contributed by atoms with Crippen LogP contribution in [0.3, 0.4) is 0 Å². The van der Waals surface area contributed by atoms with Crippen LogP contribution in [0.15, 0.2) is 54.6 Å². The lowest BCUT2D eigenvalue weighted by molar-refractivity contribution is -0.136. The molecule has 0 fully saturated rings. The number of hydrogen-bond acceptors (Lipinski definition) is 3. The standard InChI is InChI=1S/C18H16O4/c1-22-15-9-6-13(7-10-15)8-11-17(19)16-5-3-2-4-14(16)12-18(20)21/h2-11H,12H2,1H3,(H,20,21)/b11-8-. The van der Waals surface area contributed by atoms with Crippen molar-refractivity contribution in [2.24, 2.45) is 0 Å². The molecule has 2 aromatic carbocycles. The van der Waals surface area contributed by atoms with Crippen molar-refractivity contribution in [1.82, 2.24) is 0 Å². The van der Waals surface area contributed by atoms with Crippen molar-refractivity contribution in [3.8, 4) is 5.75 Å². The second-order valence-corrected chi connectivity index (χ2v) is 4.70. The number of allylic oxidation sites excluding steroid dienone is 1. The first-order chi connectivity index (χ1) is 10.6. The van der Waals surface area contributed by atoms with Gasteiger partial charge in [0, 0.05) is 5.56 Å². The maximum absolute atomic E-state index is 12.2. The van der Waals surface area contributed by atoms with Gasteiger partial charge in [-0.25, -0.2) is 0 Å². The van der Waals surface area contributed by atoms with Crippen LogP contribution >= 0.6 is 0 Å². The fourth-order valence-electron chi connectivity index (χ4n) is 2.05. The van der Waals surface area contributed by atoms with Crippen molar-refractivity contribution in [3.05, 3.63) is 71.3 Å². The Morgan fingerprint density at radius 3 is 2.41 bits per heavy atom. The lowest BCUT2D eigenvalue weighted by Gasteiger charge is -2.04. The number of carboxylic acid groups (broad SMARTS) is 1. The highest BCUT2D eigenvalue weighted by atomic mass is 16.5. The molecule has 0 amide bonds. The van der Waals surface area contributed by atoms with Crippen LogP contribution in [0.2, 0.25) is 0 Å². The normalized spacial score (nSPS) is 10.6. The van der Waals surface area contributed by atoms with Gasteiger partial charge in [0.1, 0.15) is 5.75 Å². The first-order valence-corrected chi connectivity index (χ1v) is 6.76. The number of aliphatic carboxylic acids is 1. The number of carbonyl (C=O) groups excluding carboxylic acids is 1. The molecule has 0 heterocycles.